The van der Waals surface area contributed by atoms with E-state index >= 15 is 0 Å². The van der Waals surface area contributed by atoms with Gasteiger partial charge >= 0.3 is 0 Å². The van der Waals surface area contributed by atoms with Crippen LogP contribution in [0.25, 0.3) is 0 Å². The molecule has 2 aromatic carbocycles. The molecule has 1 atom stereocenters. The Morgan fingerprint density at radius 1 is 1.17 bits per heavy atom. The van der Waals surface area contributed by atoms with Crippen LogP contribution in [0.4, 0.5) is 10.1 Å². The Morgan fingerprint density at radius 2 is 1.90 bits per heavy atom. The van der Waals surface area contributed by atoms with Crippen molar-refractivity contribution in [3.63, 3.8) is 0 Å². The number of carbonyl (C=O) groups excluding carboxylic acids is 1. The number of aliphatic hydroxyl groups is 1. The largest absolute Gasteiger partial charge is 0.372 e. The molecule has 0 saturated heterocycles. The maximum Gasteiger partial charge on any atom is 0.265 e. The highest BCUT2D eigenvalue weighted by Crippen LogP contribution is 2.34. The second-order valence-corrected chi connectivity index (χ2v) is 7.44. The lowest BCUT2D eigenvalue weighted by Crippen LogP contribution is -2.26. The van der Waals surface area contributed by atoms with E-state index in [-0.39, 0.29) is 22.3 Å². The van der Waals surface area contributed by atoms with Crippen LogP contribution in [0.5, 0.6) is 0 Å². The first-order valence-electron chi connectivity index (χ1n) is 9.47. The molecule has 3 rings (SSSR count). The van der Waals surface area contributed by atoms with Gasteiger partial charge in [0.05, 0.1) is 10.6 Å². The Balaban J connectivity index is 1.74. The minimum absolute atomic E-state index is 0.203. The summed E-state index contributed by atoms with van der Waals surface area (Å²) in [6.45, 7) is 0. The van der Waals surface area contributed by atoms with Crippen molar-refractivity contribution in [2.45, 2.75) is 44.1 Å². The Morgan fingerprint density at radius 3 is 2.59 bits per heavy atom. The van der Waals surface area contributed by atoms with Gasteiger partial charge in [-0.2, -0.15) is 5.26 Å². The molecule has 0 bridgehead atoms. The van der Waals surface area contributed by atoms with Gasteiger partial charge in [0.1, 0.15) is 11.9 Å². The van der Waals surface area contributed by atoms with Gasteiger partial charge in [0.15, 0.2) is 6.10 Å². The minimum atomic E-state index is -1.56. The summed E-state index contributed by atoms with van der Waals surface area (Å²) in [5, 5.41) is 21.7. The van der Waals surface area contributed by atoms with Gasteiger partial charge in [-0.25, -0.2) is 4.39 Å². The quantitative estimate of drug-likeness (QED) is 0.717. The minimum Gasteiger partial charge on any atom is -0.372 e. The molecule has 29 heavy (non-hydrogen) atoms. The number of anilines is 1. The van der Waals surface area contributed by atoms with Gasteiger partial charge in [-0.15, -0.1) is 0 Å². The number of amides is 1. The molecule has 0 heterocycles. The third kappa shape index (κ3) is 5.35. The highest BCUT2D eigenvalue weighted by molar-refractivity contribution is 6.32. The van der Waals surface area contributed by atoms with Crippen LogP contribution < -0.4 is 5.32 Å². The van der Waals surface area contributed by atoms with Crippen molar-refractivity contribution < 1.29 is 14.3 Å². The van der Waals surface area contributed by atoms with E-state index in [0.717, 1.165) is 31.2 Å². The number of hydrogen-bond acceptors (Lipinski definition) is 3. The molecular weight excluding hydrogens is 391 g/mol. The van der Waals surface area contributed by atoms with E-state index in [1.807, 2.05) is 6.07 Å². The molecule has 1 unspecified atom stereocenters. The standard InChI is InChI=1S/C23H20ClFN2O2/c24-21-13-19(10-7-17(21)14-26)27-23(29)22(28)11-8-16-6-9-18(25)12-20(16)15-4-2-1-3-5-15/h6-7,9-10,12-13,15,22,28H,1-5H2,(H,27,29). The van der Waals surface area contributed by atoms with E-state index in [2.05, 4.69) is 17.2 Å². The van der Waals surface area contributed by atoms with Crippen molar-refractivity contribution in [1.29, 1.82) is 5.26 Å². The first-order chi connectivity index (χ1) is 14.0. The number of nitrogens with zero attached hydrogens (tertiary/aromatic N) is 1. The first kappa shape index (κ1) is 20.9. The van der Waals surface area contributed by atoms with Crippen molar-refractivity contribution in [2.24, 2.45) is 0 Å². The maximum absolute atomic E-state index is 13.8. The topological polar surface area (TPSA) is 73.1 Å². The molecule has 2 aromatic rings. The molecule has 1 aliphatic rings. The average molecular weight is 411 g/mol. The maximum atomic E-state index is 13.8. The number of aliphatic hydroxyl groups excluding tert-OH is 1. The summed E-state index contributed by atoms with van der Waals surface area (Å²) in [4.78, 5) is 12.2. The van der Waals surface area contributed by atoms with Crippen LogP contribution in [0, 0.1) is 29.0 Å². The van der Waals surface area contributed by atoms with Gasteiger partial charge in [-0.1, -0.05) is 42.7 Å². The zero-order valence-corrected chi connectivity index (χ0v) is 16.5. The molecule has 1 aliphatic carbocycles. The van der Waals surface area contributed by atoms with E-state index in [1.165, 1.54) is 36.8 Å². The fraction of sp³-hybridized carbons (Fsp3) is 0.304. The first-order valence-corrected chi connectivity index (χ1v) is 9.85. The summed E-state index contributed by atoms with van der Waals surface area (Å²) in [6.07, 6.45) is 3.80. The van der Waals surface area contributed by atoms with E-state index in [0.29, 0.717) is 11.3 Å². The molecule has 0 spiro atoms. The predicted octanol–water partition coefficient (Wildman–Crippen LogP) is 4.75. The van der Waals surface area contributed by atoms with Gasteiger partial charge in [0, 0.05) is 11.3 Å². The SMILES string of the molecule is N#Cc1ccc(NC(=O)C(O)C#Cc2ccc(F)cc2C2CCCCC2)cc1Cl. The average Bonchev–Trinajstić information content (AvgIpc) is 2.73. The molecular formula is C23H20ClFN2O2. The Bertz CT molecular complexity index is 1010. The number of halogens is 2. The molecule has 148 valence electrons. The van der Waals surface area contributed by atoms with Gasteiger partial charge in [0.2, 0.25) is 0 Å². The van der Waals surface area contributed by atoms with Crippen LogP contribution in [0.1, 0.15) is 54.7 Å². The predicted molar refractivity (Wildman–Crippen MR) is 110 cm³/mol. The number of rotatable bonds is 3. The summed E-state index contributed by atoms with van der Waals surface area (Å²) >= 11 is 5.94. The summed E-state index contributed by atoms with van der Waals surface area (Å²) in [7, 11) is 0. The van der Waals surface area contributed by atoms with Crippen molar-refractivity contribution >= 4 is 23.2 Å². The zero-order valence-electron chi connectivity index (χ0n) is 15.7. The molecule has 1 saturated carbocycles. The van der Waals surface area contributed by atoms with Crippen molar-refractivity contribution in [1.82, 2.24) is 0 Å². The Kier molecular flexibility index (Phi) is 6.88. The fourth-order valence-electron chi connectivity index (χ4n) is 3.50. The van der Waals surface area contributed by atoms with Gasteiger partial charge in [-0.05, 0) is 60.7 Å². The van der Waals surface area contributed by atoms with Gasteiger partial charge < -0.3 is 10.4 Å². The number of benzene rings is 2. The number of nitrogens with one attached hydrogen (secondary N) is 1. The zero-order chi connectivity index (χ0) is 20.8. The van der Waals surface area contributed by atoms with Crippen LogP contribution in [0.15, 0.2) is 36.4 Å². The second-order valence-electron chi connectivity index (χ2n) is 7.03. The van der Waals surface area contributed by atoms with E-state index in [9.17, 15) is 14.3 Å². The lowest BCUT2D eigenvalue weighted by atomic mass is 9.82. The number of carbonyl (C=O) groups is 1. The number of nitriles is 1. The smallest absolute Gasteiger partial charge is 0.265 e. The number of hydrogen-bond donors (Lipinski definition) is 2. The Hall–Kier alpha value is -2.86. The van der Waals surface area contributed by atoms with Crippen LogP contribution in [-0.4, -0.2) is 17.1 Å². The van der Waals surface area contributed by atoms with Crippen LogP contribution >= 0.6 is 11.6 Å². The van der Waals surface area contributed by atoms with E-state index in [4.69, 9.17) is 16.9 Å². The van der Waals surface area contributed by atoms with Gasteiger partial charge in [0.25, 0.3) is 5.91 Å². The molecule has 1 fully saturated rings. The monoisotopic (exact) mass is 410 g/mol. The summed E-state index contributed by atoms with van der Waals surface area (Å²) in [5.74, 6) is 4.60. The Labute approximate surface area is 174 Å². The molecule has 2 N–H and O–H groups in total. The third-order valence-electron chi connectivity index (χ3n) is 5.01. The third-order valence-corrected chi connectivity index (χ3v) is 5.32. The highest BCUT2D eigenvalue weighted by Gasteiger charge is 2.19. The molecule has 0 aliphatic heterocycles. The fourth-order valence-corrected chi connectivity index (χ4v) is 3.73. The van der Waals surface area contributed by atoms with Crippen molar-refractivity contribution in [3.05, 3.63) is 63.9 Å². The summed E-state index contributed by atoms with van der Waals surface area (Å²) in [6, 6.07) is 10.8. The molecule has 6 heteroatoms. The lowest BCUT2D eigenvalue weighted by molar-refractivity contribution is -0.121. The summed E-state index contributed by atoms with van der Waals surface area (Å²) < 4.78 is 13.8. The lowest BCUT2D eigenvalue weighted by Gasteiger charge is -2.23. The van der Waals surface area contributed by atoms with E-state index in [1.54, 1.807) is 6.07 Å². The molecule has 0 aromatic heterocycles. The molecule has 4 nitrogen and oxygen atoms in total. The van der Waals surface area contributed by atoms with Gasteiger partial charge in [-0.3, -0.25) is 4.79 Å². The second kappa shape index (κ2) is 9.56. The van der Waals surface area contributed by atoms with Crippen LogP contribution in [0.2, 0.25) is 5.02 Å². The van der Waals surface area contributed by atoms with Crippen molar-refractivity contribution in [2.75, 3.05) is 5.32 Å². The van der Waals surface area contributed by atoms with E-state index < -0.39 is 12.0 Å². The summed E-state index contributed by atoms with van der Waals surface area (Å²) in [5.41, 5.74) is 2.11. The highest BCUT2D eigenvalue weighted by atomic mass is 35.5. The molecule has 1 amide bonds. The molecule has 0 radical (unpaired) electrons. The van der Waals surface area contributed by atoms with Crippen LogP contribution in [0.3, 0.4) is 0 Å². The van der Waals surface area contributed by atoms with Crippen LogP contribution in [-0.2, 0) is 4.79 Å². The van der Waals surface area contributed by atoms with Crippen molar-refractivity contribution in [3.8, 4) is 17.9 Å². The normalized spacial score (nSPS) is 15.0.